The van der Waals surface area contributed by atoms with Crippen LogP contribution in [0.15, 0.2) is 223 Å². The predicted molar refractivity (Wildman–Crippen MR) is 247 cm³/mol. The summed E-state index contributed by atoms with van der Waals surface area (Å²) in [5.41, 5.74) is 13.1. The summed E-state index contributed by atoms with van der Waals surface area (Å²) in [6, 6.07) is 78.2. The number of rotatable bonds is 8. The van der Waals surface area contributed by atoms with Gasteiger partial charge in [-0.2, -0.15) is 0 Å². The van der Waals surface area contributed by atoms with Gasteiger partial charge >= 0.3 is 0 Å². The van der Waals surface area contributed by atoms with Crippen LogP contribution < -0.4 is 9.80 Å². The largest absolute Gasteiger partial charge is 0.456 e. The topological polar surface area (TPSA) is 19.6 Å². The average molecular weight is 761 g/mol. The van der Waals surface area contributed by atoms with Gasteiger partial charge in [0.05, 0.1) is 0 Å². The van der Waals surface area contributed by atoms with Crippen LogP contribution in [0, 0.1) is 0 Å². The van der Waals surface area contributed by atoms with Gasteiger partial charge in [-0.25, -0.2) is 0 Å². The molecule has 0 spiro atoms. The van der Waals surface area contributed by atoms with Crippen LogP contribution in [0.1, 0.15) is 0 Å². The highest BCUT2D eigenvalue weighted by Gasteiger charge is 2.19. The molecule has 0 aliphatic heterocycles. The smallest absolute Gasteiger partial charge is 0.135 e. The Balaban J connectivity index is 1.05. The average Bonchev–Trinajstić information content (AvgIpc) is 3.85. The number of hydrogen-bond donors (Lipinski definition) is 0. The number of anilines is 6. The van der Waals surface area contributed by atoms with E-state index in [9.17, 15) is 0 Å². The van der Waals surface area contributed by atoms with Gasteiger partial charge in [-0.15, -0.1) is 11.3 Å². The lowest BCUT2D eigenvalue weighted by Gasteiger charge is -2.26. The van der Waals surface area contributed by atoms with Gasteiger partial charge < -0.3 is 14.2 Å². The lowest BCUT2D eigenvalue weighted by Crippen LogP contribution is -2.10. The van der Waals surface area contributed by atoms with E-state index in [4.69, 9.17) is 4.42 Å². The Labute approximate surface area is 340 Å². The molecule has 0 fully saturated rings. The third-order valence-electron chi connectivity index (χ3n) is 11.0. The molecule has 9 aromatic carbocycles. The second kappa shape index (κ2) is 14.3. The summed E-state index contributed by atoms with van der Waals surface area (Å²) < 4.78 is 8.75. The van der Waals surface area contributed by atoms with Gasteiger partial charge in [0.25, 0.3) is 0 Å². The zero-order valence-corrected chi connectivity index (χ0v) is 32.3. The predicted octanol–water partition coefficient (Wildman–Crippen LogP) is 16.2. The minimum Gasteiger partial charge on any atom is -0.456 e. The maximum Gasteiger partial charge on any atom is 0.135 e. The Bertz CT molecular complexity index is 3240. The SMILES string of the molecule is c1ccc(-c2cccc(N(c3ccc4c(c3)sc3ccc(N(c5ccccc5)c5cccc(-c6ccccc6)c5)cc34)c3ccc4oc5ccccc5c4c3)c2)cc1. The minimum absolute atomic E-state index is 0.884. The van der Waals surface area contributed by atoms with Crippen LogP contribution in [0.3, 0.4) is 0 Å². The molecule has 11 aromatic rings. The van der Waals surface area contributed by atoms with E-state index in [2.05, 4.69) is 216 Å². The summed E-state index contributed by atoms with van der Waals surface area (Å²) in [6.07, 6.45) is 0. The van der Waals surface area contributed by atoms with E-state index in [1.165, 1.54) is 42.4 Å². The number of fused-ring (bicyclic) bond motifs is 6. The number of thiophene rings is 1. The van der Waals surface area contributed by atoms with Crippen LogP contribution in [0.25, 0.3) is 64.4 Å². The molecule has 58 heavy (non-hydrogen) atoms. The summed E-state index contributed by atoms with van der Waals surface area (Å²) in [5, 5.41) is 4.70. The molecule has 2 aromatic heterocycles. The van der Waals surface area contributed by atoms with E-state index in [1.54, 1.807) is 0 Å². The van der Waals surface area contributed by atoms with Crippen molar-refractivity contribution in [3.8, 4) is 22.3 Å². The normalized spacial score (nSPS) is 11.4. The molecule has 0 aliphatic rings. The molecule has 274 valence electrons. The third-order valence-corrected chi connectivity index (χ3v) is 12.1. The fraction of sp³-hybridized carbons (Fsp3) is 0. The van der Waals surface area contributed by atoms with E-state index >= 15 is 0 Å². The van der Waals surface area contributed by atoms with Gasteiger partial charge in [-0.05, 0) is 113 Å². The monoisotopic (exact) mass is 760 g/mol. The zero-order valence-electron chi connectivity index (χ0n) is 31.5. The van der Waals surface area contributed by atoms with Gasteiger partial charge in [0.2, 0.25) is 0 Å². The summed E-state index contributed by atoms with van der Waals surface area (Å²) in [4.78, 5) is 4.74. The van der Waals surface area contributed by atoms with Crippen LogP contribution in [-0.4, -0.2) is 0 Å². The molecule has 0 N–H and O–H groups in total. The molecule has 0 aliphatic carbocycles. The lowest BCUT2D eigenvalue weighted by atomic mass is 10.0. The summed E-state index contributed by atoms with van der Waals surface area (Å²) in [6.45, 7) is 0. The molecule has 0 saturated carbocycles. The quantitative estimate of drug-likeness (QED) is 0.154. The number of para-hydroxylation sites is 2. The van der Waals surface area contributed by atoms with E-state index in [0.29, 0.717) is 0 Å². The highest BCUT2D eigenvalue weighted by molar-refractivity contribution is 7.25. The molecule has 11 rings (SSSR count). The molecule has 3 nitrogen and oxygen atoms in total. The number of furan rings is 1. The van der Waals surface area contributed by atoms with Gasteiger partial charge in [-0.1, -0.05) is 127 Å². The highest BCUT2D eigenvalue weighted by atomic mass is 32.1. The fourth-order valence-corrected chi connectivity index (χ4v) is 9.39. The Kier molecular flexibility index (Phi) is 8.34. The van der Waals surface area contributed by atoms with Crippen molar-refractivity contribution in [3.05, 3.63) is 218 Å². The van der Waals surface area contributed by atoms with Crippen molar-refractivity contribution in [3.63, 3.8) is 0 Å². The first kappa shape index (κ1) is 33.9. The number of hydrogen-bond acceptors (Lipinski definition) is 4. The Hall–Kier alpha value is -7.40. The minimum atomic E-state index is 0.884. The van der Waals surface area contributed by atoms with Crippen LogP contribution in [-0.2, 0) is 0 Å². The van der Waals surface area contributed by atoms with Crippen molar-refractivity contribution in [1.29, 1.82) is 0 Å². The number of nitrogens with zero attached hydrogens (tertiary/aromatic N) is 2. The van der Waals surface area contributed by atoms with Crippen LogP contribution >= 0.6 is 11.3 Å². The summed E-state index contributed by atoms with van der Waals surface area (Å²) >= 11 is 1.84. The molecule has 0 atom stereocenters. The van der Waals surface area contributed by atoms with E-state index in [0.717, 1.165) is 56.1 Å². The molecule has 0 unspecified atom stereocenters. The van der Waals surface area contributed by atoms with Crippen molar-refractivity contribution in [2.75, 3.05) is 9.80 Å². The van der Waals surface area contributed by atoms with Gasteiger partial charge in [0.15, 0.2) is 0 Å². The van der Waals surface area contributed by atoms with E-state index in [-0.39, 0.29) is 0 Å². The lowest BCUT2D eigenvalue weighted by molar-refractivity contribution is 0.669. The second-order valence-electron chi connectivity index (χ2n) is 14.6. The van der Waals surface area contributed by atoms with Crippen molar-refractivity contribution < 1.29 is 4.42 Å². The van der Waals surface area contributed by atoms with Crippen molar-refractivity contribution in [2.45, 2.75) is 0 Å². The first-order valence-corrected chi connectivity index (χ1v) is 20.4. The molecule has 2 heterocycles. The summed E-state index contributed by atoms with van der Waals surface area (Å²) in [7, 11) is 0. The maximum absolute atomic E-state index is 6.26. The van der Waals surface area contributed by atoms with Crippen molar-refractivity contribution in [1.82, 2.24) is 0 Å². The number of benzene rings is 9. The molecule has 0 amide bonds. The molecule has 0 radical (unpaired) electrons. The second-order valence-corrected chi connectivity index (χ2v) is 15.7. The van der Waals surface area contributed by atoms with Gasteiger partial charge in [0.1, 0.15) is 11.2 Å². The molecular formula is C54H36N2OS. The van der Waals surface area contributed by atoms with Crippen molar-refractivity contribution in [2.24, 2.45) is 0 Å². The molecule has 4 heteroatoms. The third kappa shape index (κ3) is 6.08. The van der Waals surface area contributed by atoms with E-state index < -0.39 is 0 Å². The molecule has 0 saturated heterocycles. The van der Waals surface area contributed by atoms with Gasteiger partial charge in [-0.3, -0.25) is 0 Å². The highest BCUT2D eigenvalue weighted by Crippen LogP contribution is 2.45. The van der Waals surface area contributed by atoms with Gasteiger partial charge in [0, 0.05) is 65.1 Å². The maximum atomic E-state index is 6.26. The Morgan fingerprint density at radius 2 is 0.759 bits per heavy atom. The first-order valence-electron chi connectivity index (χ1n) is 19.6. The van der Waals surface area contributed by atoms with Crippen molar-refractivity contribution >= 4 is 87.6 Å². The van der Waals surface area contributed by atoms with Crippen LogP contribution in [0.5, 0.6) is 0 Å². The standard InChI is InChI=1S/C54H36N2OS/c1-4-14-37(15-5-1)39-18-12-22-42(32-39)55(41-20-8-3-9-21-41)45-28-31-53-50(35-45)48-29-26-46(36-54(48)58-53)56(43-23-13-19-40(33-43)38-16-6-2-7-17-38)44-27-30-52-49(34-44)47-24-10-11-25-51(47)57-52/h1-36H. The molecule has 0 bridgehead atoms. The first-order chi connectivity index (χ1) is 28.7. The summed E-state index contributed by atoms with van der Waals surface area (Å²) in [5.74, 6) is 0. The molecular weight excluding hydrogens is 725 g/mol. The Morgan fingerprint density at radius 1 is 0.276 bits per heavy atom. The van der Waals surface area contributed by atoms with Crippen LogP contribution in [0.4, 0.5) is 34.1 Å². The zero-order chi connectivity index (χ0) is 38.4. The fourth-order valence-electron chi connectivity index (χ4n) is 8.27. The Morgan fingerprint density at radius 3 is 1.45 bits per heavy atom. The van der Waals surface area contributed by atoms with E-state index in [1.807, 2.05) is 23.5 Å². The van der Waals surface area contributed by atoms with Crippen LogP contribution in [0.2, 0.25) is 0 Å².